The molecule has 0 bridgehead atoms. The Balaban J connectivity index is 1.99. The highest BCUT2D eigenvalue weighted by Crippen LogP contribution is 2.34. The molecule has 0 aliphatic carbocycles. The first-order valence-electron chi connectivity index (χ1n) is 7.59. The number of nitro benzene ring substituents is 1. The molecule has 0 saturated carbocycles. The molecular weight excluding hydrogens is 356 g/mol. The molecule has 0 aromatic heterocycles. The van der Waals surface area contributed by atoms with Gasteiger partial charge >= 0.3 is 0 Å². The lowest BCUT2D eigenvalue weighted by atomic mass is 10.0. The number of hydrogen-bond acceptors (Lipinski definition) is 5. The predicted molar refractivity (Wildman–Crippen MR) is 99.4 cm³/mol. The van der Waals surface area contributed by atoms with E-state index in [0.29, 0.717) is 10.6 Å². The van der Waals surface area contributed by atoms with Crippen molar-refractivity contribution in [2.24, 2.45) is 0 Å². The zero-order valence-electron chi connectivity index (χ0n) is 13.3. The molecule has 3 aromatic carbocycles. The number of carbonyl (C=O) groups is 1. The normalized spacial score (nSPS) is 10.3. The van der Waals surface area contributed by atoms with E-state index in [4.69, 9.17) is 11.6 Å². The van der Waals surface area contributed by atoms with Crippen molar-refractivity contribution in [1.82, 2.24) is 0 Å². The van der Waals surface area contributed by atoms with Crippen molar-refractivity contribution in [3.8, 4) is 5.75 Å². The van der Waals surface area contributed by atoms with Gasteiger partial charge in [-0.1, -0.05) is 41.9 Å². The Labute approximate surface area is 153 Å². The molecule has 0 spiro atoms. The standard InChI is InChI=1S/C19H13ClN2O4/c20-14-7-9-18(23)16(11-14)21-15-8-6-13(10-17(15)22(25)26)19(24)12-4-2-1-3-5-12/h1-11,21,23H. The van der Waals surface area contributed by atoms with Gasteiger partial charge in [-0.25, -0.2) is 0 Å². The molecule has 0 radical (unpaired) electrons. The van der Waals surface area contributed by atoms with E-state index < -0.39 is 4.92 Å². The number of benzene rings is 3. The maximum Gasteiger partial charge on any atom is 0.293 e. The lowest BCUT2D eigenvalue weighted by Crippen LogP contribution is -2.04. The van der Waals surface area contributed by atoms with E-state index in [1.165, 1.54) is 36.4 Å². The van der Waals surface area contributed by atoms with Gasteiger partial charge in [-0.05, 0) is 30.3 Å². The van der Waals surface area contributed by atoms with Crippen LogP contribution in [0.2, 0.25) is 5.02 Å². The van der Waals surface area contributed by atoms with Crippen LogP contribution in [-0.4, -0.2) is 15.8 Å². The fourth-order valence-electron chi connectivity index (χ4n) is 2.44. The third-order valence-electron chi connectivity index (χ3n) is 3.72. The number of carbonyl (C=O) groups excluding carboxylic acids is 1. The minimum atomic E-state index is -0.592. The van der Waals surface area contributed by atoms with Gasteiger partial charge in [0, 0.05) is 22.2 Å². The number of anilines is 2. The molecule has 26 heavy (non-hydrogen) atoms. The molecule has 3 aromatic rings. The van der Waals surface area contributed by atoms with Crippen LogP contribution in [0.5, 0.6) is 5.75 Å². The summed E-state index contributed by atoms with van der Waals surface area (Å²) < 4.78 is 0. The van der Waals surface area contributed by atoms with Gasteiger partial charge < -0.3 is 10.4 Å². The Bertz CT molecular complexity index is 990. The van der Waals surface area contributed by atoms with Crippen LogP contribution in [0.4, 0.5) is 17.1 Å². The number of ketones is 1. The molecule has 0 aliphatic heterocycles. The SMILES string of the molecule is O=C(c1ccccc1)c1ccc(Nc2cc(Cl)ccc2O)c([N+](=O)[O-])c1. The first kappa shape index (κ1) is 17.4. The smallest absolute Gasteiger partial charge is 0.293 e. The van der Waals surface area contributed by atoms with Crippen LogP contribution in [0.25, 0.3) is 0 Å². The van der Waals surface area contributed by atoms with E-state index in [0.717, 1.165) is 0 Å². The predicted octanol–water partition coefficient (Wildman–Crippen LogP) is 4.93. The number of halogens is 1. The highest BCUT2D eigenvalue weighted by Gasteiger charge is 2.19. The minimum absolute atomic E-state index is 0.104. The van der Waals surface area contributed by atoms with E-state index >= 15 is 0 Å². The number of nitro groups is 1. The van der Waals surface area contributed by atoms with E-state index in [9.17, 15) is 20.0 Å². The third-order valence-corrected chi connectivity index (χ3v) is 3.96. The maximum absolute atomic E-state index is 12.5. The third kappa shape index (κ3) is 3.65. The highest BCUT2D eigenvalue weighted by atomic mass is 35.5. The second-order valence-electron chi connectivity index (χ2n) is 5.47. The molecule has 2 N–H and O–H groups in total. The number of hydrogen-bond donors (Lipinski definition) is 2. The molecule has 0 heterocycles. The number of nitrogens with zero attached hydrogens (tertiary/aromatic N) is 1. The fraction of sp³-hybridized carbons (Fsp3) is 0. The fourth-order valence-corrected chi connectivity index (χ4v) is 2.61. The second-order valence-corrected chi connectivity index (χ2v) is 5.91. The number of aromatic hydroxyl groups is 1. The summed E-state index contributed by atoms with van der Waals surface area (Å²) in [6.45, 7) is 0. The van der Waals surface area contributed by atoms with Gasteiger partial charge in [0.05, 0.1) is 10.6 Å². The number of rotatable bonds is 5. The van der Waals surface area contributed by atoms with Crippen LogP contribution >= 0.6 is 11.6 Å². The van der Waals surface area contributed by atoms with Crippen LogP contribution in [-0.2, 0) is 0 Å². The zero-order chi connectivity index (χ0) is 18.7. The van der Waals surface area contributed by atoms with Crippen LogP contribution in [0, 0.1) is 10.1 Å². The molecule has 0 amide bonds. The first-order valence-corrected chi connectivity index (χ1v) is 7.97. The topological polar surface area (TPSA) is 92.5 Å². The lowest BCUT2D eigenvalue weighted by molar-refractivity contribution is -0.383. The lowest BCUT2D eigenvalue weighted by Gasteiger charge is -2.10. The molecule has 0 aliphatic rings. The van der Waals surface area contributed by atoms with Gasteiger partial charge in [-0.15, -0.1) is 0 Å². The van der Waals surface area contributed by atoms with Gasteiger partial charge in [0.25, 0.3) is 5.69 Å². The first-order chi connectivity index (χ1) is 12.5. The van der Waals surface area contributed by atoms with Crippen molar-refractivity contribution in [1.29, 1.82) is 0 Å². The Morgan fingerprint density at radius 3 is 2.38 bits per heavy atom. The van der Waals surface area contributed by atoms with Crippen LogP contribution < -0.4 is 5.32 Å². The zero-order valence-corrected chi connectivity index (χ0v) is 14.1. The Hall–Kier alpha value is -3.38. The van der Waals surface area contributed by atoms with Crippen LogP contribution in [0.1, 0.15) is 15.9 Å². The average Bonchev–Trinajstić information content (AvgIpc) is 2.65. The summed E-state index contributed by atoms with van der Waals surface area (Å²) in [7, 11) is 0. The Morgan fingerprint density at radius 1 is 0.962 bits per heavy atom. The van der Waals surface area contributed by atoms with E-state index in [1.54, 1.807) is 30.3 Å². The van der Waals surface area contributed by atoms with Crippen molar-refractivity contribution in [2.75, 3.05) is 5.32 Å². The maximum atomic E-state index is 12.5. The van der Waals surface area contributed by atoms with Crippen molar-refractivity contribution < 1.29 is 14.8 Å². The monoisotopic (exact) mass is 368 g/mol. The molecule has 3 rings (SSSR count). The molecule has 130 valence electrons. The second kappa shape index (κ2) is 7.25. The Morgan fingerprint density at radius 2 is 1.69 bits per heavy atom. The quantitative estimate of drug-likeness (QED) is 0.288. The summed E-state index contributed by atoms with van der Waals surface area (Å²) >= 11 is 5.89. The van der Waals surface area contributed by atoms with Crippen molar-refractivity contribution in [3.05, 3.63) is 93.0 Å². The molecule has 0 atom stereocenters. The van der Waals surface area contributed by atoms with E-state index in [1.807, 2.05) is 0 Å². The van der Waals surface area contributed by atoms with Gasteiger partial charge in [-0.3, -0.25) is 14.9 Å². The minimum Gasteiger partial charge on any atom is -0.506 e. The van der Waals surface area contributed by atoms with E-state index in [2.05, 4.69) is 5.32 Å². The summed E-state index contributed by atoms with van der Waals surface area (Å²) in [5, 5.41) is 24.5. The van der Waals surface area contributed by atoms with Gasteiger partial charge in [0.2, 0.25) is 0 Å². The molecule has 0 saturated heterocycles. The van der Waals surface area contributed by atoms with Crippen LogP contribution in [0.3, 0.4) is 0 Å². The summed E-state index contributed by atoms with van der Waals surface area (Å²) in [6, 6.07) is 17.0. The highest BCUT2D eigenvalue weighted by molar-refractivity contribution is 6.31. The molecular formula is C19H13ClN2O4. The molecule has 7 heteroatoms. The molecule has 0 fully saturated rings. The average molecular weight is 369 g/mol. The van der Waals surface area contributed by atoms with Crippen molar-refractivity contribution in [2.45, 2.75) is 0 Å². The van der Waals surface area contributed by atoms with Gasteiger partial charge in [0.15, 0.2) is 5.78 Å². The number of nitrogens with one attached hydrogen (secondary N) is 1. The number of phenols is 1. The molecule has 0 unspecified atom stereocenters. The van der Waals surface area contributed by atoms with Gasteiger partial charge in [-0.2, -0.15) is 0 Å². The van der Waals surface area contributed by atoms with Crippen LogP contribution in [0.15, 0.2) is 66.7 Å². The molecule has 6 nitrogen and oxygen atoms in total. The van der Waals surface area contributed by atoms with Crippen molar-refractivity contribution >= 4 is 34.4 Å². The Kier molecular flexibility index (Phi) is 4.86. The summed E-state index contributed by atoms with van der Waals surface area (Å²) in [6.07, 6.45) is 0. The summed E-state index contributed by atoms with van der Waals surface area (Å²) in [4.78, 5) is 23.3. The largest absolute Gasteiger partial charge is 0.506 e. The summed E-state index contributed by atoms with van der Waals surface area (Å²) in [5.41, 5.74) is 0.713. The van der Waals surface area contributed by atoms with Crippen molar-refractivity contribution in [3.63, 3.8) is 0 Å². The van der Waals surface area contributed by atoms with E-state index in [-0.39, 0.29) is 34.2 Å². The van der Waals surface area contributed by atoms with Gasteiger partial charge in [0.1, 0.15) is 11.4 Å². The number of phenolic OH excluding ortho intramolecular Hbond substituents is 1. The summed E-state index contributed by atoms with van der Waals surface area (Å²) in [5.74, 6) is -0.418.